The van der Waals surface area contributed by atoms with Crippen LogP contribution in [0, 0.1) is 0 Å². The zero-order chi connectivity index (χ0) is 13.7. The summed E-state index contributed by atoms with van der Waals surface area (Å²) in [5.74, 6) is 0.0827. The van der Waals surface area contributed by atoms with Crippen molar-refractivity contribution in [3.05, 3.63) is 35.4 Å². The zero-order valence-electron chi connectivity index (χ0n) is 11.8. The van der Waals surface area contributed by atoms with Gasteiger partial charge in [0.1, 0.15) is 0 Å². The number of hydrogen-bond donors (Lipinski definition) is 3. The van der Waals surface area contributed by atoms with Crippen LogP contribution in [0.3, 0.4) is 0 Å². The van der Waals surface area contributed by atoms with Gasteiger partial charge in [-0.25, -0.2) is 0 Å². The van der Waals surface area contributed by atoms with Gasteiger partial charge < -0.3 is 15.7 Å². The first kappa shape index (κ1) is 17.0. The quantitative estimate of drug-likeness (QED) is 0.796. The van der Waals surface area contributed by atoms with E-state index in [1.54, 1.807) is 6.92 Å². The van der Waals surface area contributed by atoms with Crippen LogP contribution in [0.15, 0.2) is 24.3 Å². The minimum Gasteiger partial charge on any atom is -0.389 e. The van der Waals surface area contributed by atoms with Gasteiger partial charge in [0, 0.05) is 6.54 Å². The van der Waals surface area contributed by atoms with E-state index in [4.69, 9.17) is 0 Å². The first-order chi connectivity index (χ1) is 9.16. The number of hydrogen-bond acceptors (Lipinski definition) is 3. The van der Waals surface area contributed by atoms with Gasteiger partial charge in [0.25, 0.3) is 0 Å². The smallest absolute Gasteiger partial charge is 0.237 e. The van der Waals surface area contributed by atoms with E-state index in [9.17, 15) is 9.90 Å². The monoisotopic (exact) mass is 298 g/mol. The molecule has 4 nitrogen and oxygen atoms in total. The molecule has 1 aromatic carbocycles. The molecule has 0 spiro atoms. The SMILES string of the molecule is CC(O)c1ccc(CNC(=O)C2CCCCN2)cc1.Cl. The fourth-order valence-electron chi connectivity index (χ4n) is 2.30. The molecule has 2 rings (SSSR count). The summed E-state index contributed by atoms with van der Waals surface area (Å²) in [7, 11) is 0. The lowest BCUT2D eigenvalue weighted by Crippen LogP contribution is -2.46. The van der Waals surface area contributed by atoms with E-state index in [1.807, 2.05) is 24.3 Å². The van der Waals surface area contributed by atoms with Gasteiger partial charge in [-0.3, -0.25) is 4.79 Å². The Balaban J connectivity index is 0.00000200. The van der Waals surface area contributed by atoms with Crippen LogP contribution in [0.25, 0.3) is 0 Å². The predicted octanol–water partition coefficient (Wildman–Crippen LogP) is 1.92. The van der Waals surface area contributed by atoms with Crippen LogP contribution in [-0.4, -0.2) is 23.6 Å². The number of benzene rings is 1. The Hall–Kier alpha value is -1.10. The van der Waals surface area contributed by atoms with Crippen LogP contribution in [0.1, 0.15) is 43.4 Å². The normalized spacial score (nSPS) is 19.8. The van der Waals surface area contributed by atoms with E-state index in [0.717, 1.165) is 36.9 Å². The van der Waals surface area contributed by atoms with Crippen molar-refractivity contribution in [1.29, 1.82) is 0 Å². The molecule has 0 aromatic heterocycles. The molecule has 0 radical (unpaired) electrons. The second kappa shape index (κ2) is 8.25. The minimum absolute atomic E-state index is 0. The fraction of sp³-hybridized carbons (Fsp3) is 0.533. The highest BCUT2D eigenvalue weighted by Crippen LogP contribution is 2.13. The molecule has 1 amide bonds. The van der Waals surface area contributed by atoms with Gasteiger partial charge in [0.15, 0.2) is 0 Å². The van der Waals surface area contributed by atoms with Crippen LogP contribution < -0.4 is 10.6 Å². The van der Waals surface area contributed by atoms with Crippen LogP contribution in [0.2, 0.25) is 0 Å². The Kier molecular flexibility index (Phi) is 6.99. The molecule has 1 saturated heterocycles. The fourth-order valence-corrected chi connectivity index (χ4v) is 2.30. The maximum atomic E-state index is 11.9. The molecule has 1 aliphatic heterocycles. The molecule has 2 unspecified atom stereocenters. The highest BCUT2D eigenvalue weighted by Gasteiger charge is 2.19. The largest absolute Gasteiger partial charge is 0.389 e. The lowest BCUT2D eigenvalue weighted by atomic mass is 10.0. The van der Waals surface area contributed by atoms with Gasteiger partial charge in [-0.05, 0) is 37.4 Å². The van der Waals surface area contributed by atoms with Crippen molar-refractivity contribution in [2.24, 2.45) is 0 Å². The topological polar surface area (TPSA) is 61.4 Å². The Bertz CT molecular complexity index is 414. The second-order valence-corrected chi connectivity index (χ2v) is 5.14. The molecule has 1 aliphatic rings. The Morgan fingerprint density at radius 1 is 1.40 bits per heavy atom. The van der Waals surface area contributed by atoms with Crippen molar-refractivity contribution in [3.63, 3.8) is 0 Å². The molecular weight excluding hydrogens is 276 g/mol. The standard InChI is InChI=1S/C15H22N2O2.ClH/c1-11(18)13-7-5-12(6-8-13)10-17-15(19)14-4-2-3-9-16-14;/h5-8,11,14,16,18H,2-4,9-10H2,1H3,(H,17,19);1H. The molecular formula is C15H23ClN2O2. The molecule has 1 fully saturated rings. The van der Waals surface area contributed by atoms with Crippen molar-refractivity contribution in [1.82, 2.24) is 10.6 Å². The number of rotatable bonds is 4. The molecule has 5 heteroatoms. The van der Waals surface area contributed by atoms with Gasteiger partial charge in [-0.2, -0.15) is 0 Å². The number of aliphatic hydroxyl groups excluding tert-OH is 1. The van der Waals surface area contributed by atoms with Crippen LogP contribution in [-0.2, 0) is 11.3 Å². The van der Waals surface area contributed by atoms with Crippen molar-refractivity contribution in [2.75, 3.05) is 6.54 Å². The summed E-state index contributed by atoms with van der Waals surface area (Å²) in [6.45, 7) is 3.21. The van der Waals surface area contributed by atoms with Crippen LogP contribution in [0.5, 0.6) is 0 Å². The molecule has 1 heterocycles. The average Bonchev–Trinajstić information content (AvgIpc) is 2.46. The first-order valence-electron chi connectivity index (χ1n) is 6.95. The molecule has 112 valence electrons. The summed E-state index contributed by atoms with van der Waals surface area (Å²) in [6, 6.07) is 7.63. The van der Waals surface area contributed by atoms with E-state index in [0.29, 0.717) is 6.54 Å². The molecule has 2 atom stereocenters. The van der Waals surface area contributed by atoms with Crippen molar-refractivity contribution in [2.45, 2.75) is 44.9 Å². The number of aliphatic hydroxyl groups is 1. The van der Waals surface area contributed by atoms with E-state index in [2.05, 4.69) is 10.6 Å². The number of piperidine rings is 1. The molecule has 1 aromatic rings. The van der Waals surface area contributed by atoms with Crippen LogP contribution in [0.4, 0.5) is 0 Å². The van der Waals surface area contributed by atoms with Crippen molar-refractivity contribution in [3.8, 4) is 0 Å². The third kappa shape index (κ3) is 4.78. The lowest BCUT2D eigenvalue weighted by molar-refractivity contribution is -0.123. The Morgan fingerprint density at radius 3 is 2.65 bits per heavy atom. The number of amides is 1. The average molecular weight is 299 g/mol. The summed E-state index contributed by atoms with van der Waals surface area (Å²) in [5.41, 5.74) is 1.94. The van der Waals surface area contributed by atoms with Crippen LogP contribution >= 0.6 is 12.4 Å². The van der Waals surface area contributed by atoms with Crippen molar-refractivity contribution >= 4 is 18.3 Å². The highest BCUT2D eigenvalue weighted by molar-refractivity contribution is 5.85. The summed E-state index contributed by atoms with van der Waals surface area (Å²) >= 11 is 0. The van der Waals surface area contributed by atoms with E-state index < -0.39 is 6.10 Å². The van der Waals surface area contributed by atoms with Crippen molar-refractivity contribution < 1.29 is 9.90 Å². The number of nitrogens with one attached hydrogen (secondary N) is 2. The maximum Gasteiger partial charge on any atom is 0.237 e. The molecule has 0 saturated carbocycles. The Morgan fingerprint density at radius 2 is 2.10 bits per heavy atom. The van der Waals surface area contributed by atoms with E-state index in [1.165, 1.54) is 0 Å². The summed E-state index contributed by atoms with van der Waals surface area (Å²) in [6.07, 6.45) is 2.75. The maximum absolute atomic E-state index is 11.9. The summed E-state index contributed by atoms with van der Waals surface area (Å²) in [5, 5.41) is 15.6. The number of carbonyl (C=O) groups is 1. The zero-order valence-corrected chi connectivity index (χ0v) is 12.6. The van der Waals surface area contributed by atoms with E-state index in [-0.39, 0.29) is 24.4 Å². The summed E-state index contributed by atoms with van der Waals surface area (Å²) < 4.78 is 0. The molecule has 0 aliphatic carbocycles. The van der Waals surface area contributed by atoms with Gasteiger partial charge in [-0.15, -0.1) is 12.4 Å². The van der Waals surface area contributed by atoms with Gasteiger partial charge >= 0.3 is 0 Å². The molecule has 20 heavy (non-hydrogen) atoms. The molecule has 3 N–H and O–H groups in total. The van der Waals surface area contributed by atoms with Gasteiger partial charge in [-0.1, -0.05) is 30.7 Å². The first-order valence-corrected chi connectivity index (χ1v) is 6.95. The second-order valence-electron chi connectivity index (χ2n) is 5.14. The van der Waals surface area contributed by atoms with Gasteiger partial charge in [0.05, 0.1) is 12.1 Å². The Labute approximate surface area is 126 Å². The number of halogens is 1. The van der Waals surface area contributed by atoms with Gasteiger partial charge in [0.2, 0.25) is 5.91 Å². The highest BCUT2D eigenvalue weighted by atomic mass is 35.5. The van der Waals surface area contributed by atoms with E-state index >= 15 is 0 Å². The number of carbonyl (C=O) groups excluding carboxylic acids is 1. The third-order valence-corrected chi connectivity index (χ3v) is 3.56. The lowest BCUT2D eigenvalue weighted by Gasteiger charge is -2.22. The molecule has 0 bridgehead atoms. The predicted molar refractivity (Wildman–Crippen MR) is 81.8 cm³/mol. The third-order valence-electron chi connectivity index (χ3n) is 3.56. The summed E-state index contributed by atoms with van der Waals surface area (Å²) in [4.78, 5) is 11.9. The minimum atomic E-state index is -0.449.